The molecule has 3 aromatic carbocycles. The van der Waals surface area contributed by atoms with Crippen LogP contribution in [-0.4, -0.2) is 73.5 Å². The first-order valence-electron chi connectivity index (χ1n) is 17.3. The third kappa shape index (κ3) is 5.45. The Morgan fingerprint density at radius 1 is 1.02 bits per heavy atom. The maximum Gasteiger partial charge on any atom is 0.414 e. The third-order valence-corrected chi connectivity index (χ3v) is 11.4. The van der Waals surface area contributed by atoms with E-state index in [4.69, 9.17) is 14.2 Å². The average Bonchev–Trinajstić information content (AvgIpc) is 3.88. The van der Waals surface area contributed by atoms with Gasteiger partial charge in [-0.05, 0) is 59.7 Å². The molecular weight excluding hydrogens is 622 g/mol. The first-order chi connectivity index (χ1) is 23.6. The Bertz CT molecular complexity index is 1730. The summed E-state index contributed by atoms with van der Waals surface area (Å²) in [7, 11) is 1.64. The smallest absolute Gasteiger partial charge is 0.414 e. The Hall–Kier alpha value is -4.41. The molecule has 0 radical (unpaired) electrons. The largest absolute Gasteiger partial charge is 0.497 e. The van der Waals surface area contributed by atoms with Gasteiger partial charge in [-0.25, -0.2) is 4.79 Å². The Labute approximate surface area is 287 Å². The zero-order chi connectivity index (χ0) is 34.5. The van der Waals surface area contributed by atoms with Crippen LogP contribution in [0.3, 0.4) is 0 Å². The summed E-state index contributed by atoms with van der Waals surface area (Å²) in [6, 6.07) is 23.3. The third-order valence-electron chi connectivity index (χ3n) is 11.4. The van der Waals surface area contributed by atoms with Gasteiger partial charge in [0.1, 0.15) is 12.4 Å². The van der Waals surface area contributed by atoms with E-state index in [2.05, 4.69) is 32.9 Å². The Morgan fingerprint density at radius 3 is 2.43 bits per heavy atom. The second-order valence-electron chi connectivity index (χ2n) is 14.3. The molecule has 0 aromatic heterocycles. The van der Waals surface area contributed by atoms with E-state index in [0.29, 0.717) is 26.2 Å². The lowest BCUT2D eigenvalue weighted by molar-refractivity contribution is -0.150. The summed E-state index contributed by atoms with van der Waals surface area (Å²) in [5, 5.41) is 10.00. The minimum Gasteiger partial charge on any atom is -0.497 e. The number of cyclic esters (lactones) is 1. The van der Waals surface area contributed by atoms with Crippen molar-refractivity contribution >= 4 is 29.3 Å². The van der Waals surface area contributed by atoms with E-state index in [1.807, 2.05) is 60.7 Å². The van der Waals surface area contributed by atoms with Crippen molar-refractivity contribution in [2.75, 3.05) is 43.2 Å². The van der Waals surface area contributed by atoms with Crippen LogP contribution in [0.25, 0.3) is 0 Å². The molecular formula is C39H45N3O7. The lowest BCUT2D eigenvalue weighted by Gasteiger charge is -2.39. The Morgan fingerprint density at radius 2 is 1.76 bits per heavy atom. The zero-order valence-electron chi connectivity index (χ0n) is 28.6. The van der Waals surface area contributed by atoms with Crippen LogP contribution in [0.1, 0.15) is 56.7 Å². The molecule has 258 valence electrons. The molecule has 10 heteroatoms. The highest BCUT2D eigenvalue weighted by atomic mass is 16.6. The van der Waals surface area contributed by atoms with Crippen molar-refractivity contribution < 1.29 is 33.7 Å². The number of aliphatic hydroxyl groups excluding tert-OH is 1. The summed E-state index contributed by atoms with van der Waals surface area (Å²) < 4.78 is 17.6. The van der Waals surface area contributed by atoms with Crippen LogP contribution in [0, 0.1) is 11.8 Å². The molecule has 10 nitrogen and oxygen atoms in total. The van der Waals surface area contributed by atoms with E-state index in [0.717, 1.165) is 46.7 Å². The van der Waals surface area contributed by atoms with Gasteiger partial charge < -0.3 is 29.1 Å². The number of rotatable bonds is 9. The van der Waals surface area contributed by atoms with Crippen molar-refractivity contribution in [1.29, 1.82) is 0 Å². The number of anilines is 2. The zero-order valence-corrected chi connectivity index (χ0v) is 28.6. The monoisotopic (exact) mass is 667 g/mol. The van der Waals surface area contributed by atoms with Crippen LogP contribution in [0.5, 0.6) is 5.75 Å². The molecule has 3 fully saturated rings. The Kier molecular flexibility index (Phi) is 8.65. The van der Waals surface area contributed by atoms with E-state index in [-0.39, 0.29) is 48.8 Å². The summed E-state index contributed by atoms with van der Waals surface area (Å²) in [5.74, 6) is 0.0481. The molecule has 0 saturated carbocycles. The molecule has 0 unspecified atom stereocenters. The van der Waals surface area contributed by atoms with Crippen molar-refractivity contribution in [2.45, 2.75) is 69.7 Å². The fourth-order valence-corrected chi connectivity index (χ4v) is 8.86. The minimum absolute atomic E-state index is 0.0566. The van der Waals surface area contributed by atoms with Gasteiger partial charge in [-0.3, -0.25) is 14.5 Å². The van der Waals surface area contributed by atoms with Crippen LogP contribution in [0.4, 0.5) is 16.2 Å². The topological polar surface area (TPSA) is 109 Å². The minimum atomic E-state index is -1.30. The fraction of sp³-hybridized carbons (Fsp3) is 0.462. The van der Waals surface area contributed by atoms with Gasteiger partial charge in [-0.1, -0.05) is 63.2 Å². The molecule has 3 aromatic rings. The second-order valence-corrected chi connectivity index (χ2v) is 14.3. The number of methoxy groups -OCH3 is 1. The number of ether oxygens (including phenoxy) is 3. The number of fused-ring (bicyclic) bond motifs is 2. The van der Waals surface area contributed by atoms with Crippen LogP contribution in [-0.2, 0) is 36.6 Å². The van der Waals surface area contributed by atoms with Gasteiger partial charge in [-0.15, -0.1) is 0 Å². The van der Waals surface area contributed by atoms with Crippen LogP contribution in [0.15, 0.2) is 72.8 Å². The molecule has 4 heterocycles. The number of hydrogen-bond acceptors (Lipinski definition) is 7. The molecule has 3 amide bonds. The summed E-state index contributed by atoms with van der Waals surface area (Å²) in [4.78, 5) is 46.2. The number of benzene rings is 3. The molecule has 7 rings (SSSR count). The van der Waals surface area contributed by atoms with Gasteiger partial charge in [0.15, 0.2) is 5.60 Å². The molecule has 49 heavy (non-hydrogen) atoms. The number of likely N-dealkylation sites (tertiary alicyclic amines) is 1. The Balaban J connectivity index is 1.24. The number of amides is 3. The van der Waals surface area contributed by atoms with Crippen molar-refractivity contribution in [3.63, 3.8) is 0 Å². The number of para-hydroxylation sites is 1. The number of hydrogen-bond donors (Lipinski definition) is 1. The maximum absolute atomic E-state index is 15.0. The lowest BCUT2D eigenvalue weighted by Crippen LogP contribution is -2.45. The molecule has 1 N–H and O–H groups in total. The molecule has 0 bridgehead atoms. The molecule has 0 aliphatic carbocycles. The van der Waals surface area contributed by atoms with Crippen LogP contribution in [0.2, 0.25) is 0 Å². The van der Waals surface area contributed by atoms with Gasteiger partial charge in [0, 0.05) is 29.6 Å². The molecule has 5 atom stereocenters. The number of carbonyl (C=O) groups excluding carboxylic acids is 3. The van der Waals surface area contributed by atoms with E-state index in [9.17, 15) is 19.5 Å². The van der Waals surface area contributed by atoms with Crippen molar-refractivity contribution in [3.05, 3.63) is 89.5 Å². The molecule has 4 aliphatic rings. The second kappa shape index (κ2) is 12.8. The summed E-state index contributed by atoms with van der Waals surface area (Å²) in [6.07, 6.45) is 0.827. The lowest BCUT2D eigenvalue weighted by atomic mass is 9.63. The SMILES string of the molecule is COc1ccc(C(C)(C)[C@H]2[C@H](CC(=O)N3CCC[C@H]3CO)O[C@@]3(C(=O)N(Cc4ccc(N5CCOC5=O)cc4)c4ccccc43)[C@@H]2C)cc1. The first-order valence-corrected chi connectivity index (χ1v) is 17.3. The normalized spacial score (nSPS) is 26.5. The molecule has 1 spiro atoms. The summed E-state index contributed by atoms with van der Waals surface area (Å²) >= 11 is 0. The van der Waals surface area contributed by atoms with Crippen molar-refractivity contribution in [3.8, 4) is 5.75 Å². The average molecular weight is 668 g/mol. The van der Waals surface area contributed by atoms with Crippen LogP contribution < -0.4 is 14.5 Å². The maximum atomic E-state index is 15.0. The number of nitrogens with zero attached hydrogens (tertiary/aromatic N) is 3. The van der Waals surface area contributed by atoms with E-state index < -0.39 is 17.1 Å². The van der Waals surface area contributed by atoms with Crippen LogP contribution >= 0.6 is 0 Å². The highest BCUT2D eigenvalue weighted by Gasteiger charge is 2.66. The predicted octanol–water partition coefficient (Wildman–Crippen LogP) is 5.40. The quantitative estimate of drug-likeness (QED) is 0.326. The van der Waals surface area contributed by atoms with Gasteiger partial charge >= 0.3 is 6.09 Å². The van der Waals surface area contributed by atoms with Crippen molar-refractivity contribution in [2.24, 2.45) is 11.8 Å². The first kappa shape index (κ1) is 33.1. The van der Waals surface area contributed by atoms with E-state index in [1.165, 1.54) is 0 Å². The van der Waals surface area contributed by atoms with Gasteiger partial charge in [0.05, 0.1) is 51.1 Å². The highest BCUT2D eigenvalue weighted by Crippen LogP contribution is 2.60. The van der Waals surface area contributed by atoms with Gasteiger partial charge in [0.25, 0.3) is 5.91 Å². The van der Waals surface area contributed by atoms with E-state index >= 15 is 0 Å². The van der Waals surface area contributed by atoms with Crippen molar-refractivity contribution in [1.82, 2.24) is 4.90 Å². The summed E-state index contributed by atoms with van der Waals surface area (Å²) in [6.45, 7) is 8.16. The van der Waals surface area contributed by atoms with Gasteiger partial charge in [-0.2, -0.15) is 0 Å². The summed E-state index contributed by atoms with van der Waals surface area (Å²) in [5.41, 5.74) is 2.54. The predicted molar refractivity (Wildman–Crippen MR) is 184 cm³/mol. The number of aliphatic hydroxyl groups is 1. The molecule has 4 aliphatic heterocycles. The number of carbonyl (C=O) groups is 3. The van der Waals surface area contributed by atoms with Gasteiger partial charge in [0.2, 0.25) is 5.91 Å². The fourth-order valence-electron chi connectivity index (χ4n) is 8.86. The molecule has 3 saturated heterocycles. The highest BCUT2D eigenvalue weighted by molar-refractivity contribution is 6.07. The standard InChI is InChI=1S/C39H45N3O7/c1-25-35(38(2,3)27-13-17-30(47-4)18-14-27)33(22-34(44)40-19-7-8-29(40)24-43)49-39(25)31-9-5-6-10-32(31)42(36(39)45)23-26-11-15-28(16-12-26)41-20-21-48-37(41)46/h5-6,9-18,25,29,33,35,43H,7-8,19-24H2,1-4H3/t25-,29+,33+,35-,39+/m1/s1. The van der Waals surface area contributed by atoms with E-state index in [1.54, 1.807) is 21.8 Å².